The standard InChI is InChI=1S/C16H20N2O4/c1-10(22-11(2)19)16(20)17-7-6-12-9-18-15-5-4-13(21-3)8-14(12)15/h4-5,8-10,18H,6-7H2,1-3H3,(H,17,20)/t10-/m1/s1. The number of esters is 1. The lowest BCUT2D eigenvalue weighted by Crippen LogP contribution is -2.36. The van der Waals surface area contributed by atoms with Gasteiger partial charge in [-0.15, -0.1) is 0 Å². The highest BCUT2D eigenvalue weighted by molar-refractivity contribution is 5.85. The van der Waals surface area contributed by atoms with Crippen LogP contribution in [0.25, 0.3) is 10.9 Å². The van der Waals surface area contributed by atoms with E-state index in [-0.39, 0.29) is 5.91 Å². The van der Waals surface area contributed by atoms with Gasteiger partial charge in [0.25, 0.3) is 5.91 Å². The van der Waals surface area contributed by atoms with E-state index in [2.05, 4.69) is 10.3 Å². The maximum absolute atomic E-state index is 11.8. The predicted octanol–water partition coefficient (Wildman–Crippen LogP) is 1.79. The number of aromatic nitrogens is 1. The van der Waals surface area contributed by atoms with Crippen molar-refractivity contribution in [3.63, 3.8) is 0 Å². The smallest absolute Gasteiger partial charge is 0.303 e. The van der Waals surface area contributed by atoms with Crippen molar-refractivity contribution in [1.29, 1.82) is 0 Å². The zero-order chi connectivity index (χ0) is 16.1. The Morgan fingerprint density at radius 2 is 2.14 bits per heavy atom. The molecule has 0 radical (unpaired) electrons. The molecule has 0 aliphatic rings. The van der Waals surface area contributed by atoms with Crippen LogP contribution in [0, 0.1) is 0 Å². The number of nitrogens with one attached hydrogen (secondary N) is 2. The largest absolute Gasteiger partial charge is 0.497 e. The number of carbonyl (C=O) groups excluding carboxylic acids is 2. The first-order valence-corrected chi connectivity index (χ1v) is 7.10. The highest BCUT2D eigenvalue weighted by atomic mass is 16.5. The van der Waals surface area contributed by atoms with Crippen molar-refractivity contribution in [3.05, 3.63) is 30.0 Å². The predicted molar refractivity (Wildman–Crippen MR) is 82.8 cm³/mol. The van der Waals surface area contributed by atoms with E-state index in [0.717, 1.165) is 22.2 Å². The van der Waals surface area contributed by atoms with Crippen LogP contribution in [0.1, 0.15) is 19.4 Å². The molecule has 0 unspecified atom stereocenters. The van der Waals surface area contributed by atoms with E-state index in [1.807, 2.05) is 24.4 Å². The van der Waals surface area contributed by atoms with Crippen LogP contribution >= 0.6 is 0 Å². The van der Waals surface area contributed by atoms with Crippen LogP contribution in [-0.4, -0.2) is 36.6 Å². The van der Waals surface area contributed by atoms with E-state index in [0.29, 0.717) is 13.0 Å². The second kappa shape index (κ2) is 6.98. The molecule has 1 heterocycles. The third-order valence-corrected chi connectivity index (χ3v) is 3.38. The number of benzene rings is 1. The Bertz CT molecular complexity index is 678. The summed E-state index contributed by atoms with van der Waals surface area (Å²) < 4.78 is 10.1. The lowest BCUT2D eigenvalue weighted by Gasteiger charge is -2.11. The van der Waals surface area contributed by atoms with Crippen molar-refractivity contribution in [1.82, 2.24) is 10.3 Å². The molecule has 0 saturated carbocycles. The average Bonchev–Trinajstić information content (AvgIpc) is 2.88. The van der Waals surface area contributed by atoms with Gasteiger partial charge in [0, 0.05) is 30.6 Å². The third-order valence-electron chi connectivity index (χ3n) is 3.38. The number of fused-ring (bicyclic) bond motifs is 1. The summed E-state index contributed by atoms with van der Waals surface area (Å²) in [6.07, 6.45) is 1.82. The fraction of sp³-hybridized carbons (Fsp3) is 0.375. The number of rotatable bonds is 6. The van der Waals surface area contributed by atoms with Gasteiger partial charge < -0.3 is 19.8 Å². The quantitative estimate of drug-likeness (QED) is 0.797. The molecule has 0 fully saturated rings. The highest BCUT2D eigenvalue weighted by Crippen LogP contribution is 2.23. The second-order valence-electron chi connectivity index (χ2n) is 5.02. The van der Waals surface area contributed by atoms with Crippen LogP contribution in [0.4, 0.5) is 0 Å². The molecule has 0 bridgehead atoms. The first kappa shape index (κ1) is 15.9. The van der Waals surface area contributed by atoms with Gasteiger partial charge in [-0.05, 0) is 37.1 Å². The van der Waals surface area contributed by atoms with E-state index < -0.39 is 12.1 Å². The van der Waals surface area contributed by atoms with Crippen molar-refractivity contribution in [2.45, 2.75) is 26.4 Å². The fourth-order valence-electron chi connectivity index (χ4n) is 2.26. The Kier molecular flexibility index (Phi) is 5.04. The summed E-state index contributed by atoms with van der Waals surface area (Å²) in [5.41, 5.74) is 2.12. The van der Waals surface area contributed by atoms with Crippen LogP contribution in [0.3, 0.4) is 0 Å². The molecule has 0 spiro atoms. The van der Waals surface area contributed by atoms with Crippen LogP contribution in [0.15, 0.2) is 24.4 Å². The van der Waals surface area contributed by atoms with Crippen molar-refractivity contribution >= 4 is 22.8 Å². The minimum atomic E-state index is -0.777. The van der Waals surface area contributed by atoms with Crippen molar-refractivity contribution < 1.29 is 19.1 Å². The van der Waals surface area contributed by atoms with Gasteiger partial charge in [-0.1, -0.05) is 0 Å². The fourth-order valence-corrected chi connectivity index (χ4v) is 2.26. The van der Waals surface area contributed by atoms with Gasteiger partial charge in [0.2, 0.25) is 0 Å². The molecule has 1 aromatic carbocycles. The maximum atomic E-state index is 11.8. The molecule has 2 N–H and O–H groups in total. The highest BCUT2D eigenvalue weighted by Gasteiger charge is 2.15. The number of aromatic amines is 1. The average molecular weight is 304 g/mol. The van der Waals surface area contributed by atoms with Gasteiger partial charge in [-0.2, -0.15) is 0 Å². The Morgan fingerprint density at radius 1 is 1.36 bits per heavy atom. The Labute approximate surface area is 128 Å². The lowest BCUT2D eigenvalue weighted by atomic mass is 10.1. The molecule has 6 heteroatoms. The Hall–Kier alpha value is -2.50. The van der Waals surface area contributed by atoms with Gasteiger partial charge in [0.1, 0.15) is 5.75 Å². The normalized spacial score (nSPS) is 12.0. The van der Waals surface area contributed by atoms with E-state index in [4.69, 9.17) is 9.47 Å². The number of ether oxygens (including phenoxy) is 2. The number of carbonyl (C=O) groups is 2. The summed E-state index contributed by atoms with van der Waals surface area (Å²) >= 11 is 0. The van der Waals surface area contributed by atoms with Crippen LogP contribution in [0.2, 0.25) is 0 Å². The Balaban J connectivity index is 1.94. The van der Waals surface area contributed by atoms with Crippen molar-refractivity contribution in [3.8, 4) is 5.75 Å². The molecule has 22 heavy (non-hydrogen) atoms. The second-order valence-corrected chi connectivity index (χ2v) is 5.02. The van der Waals surface area contributed by atoms with Gasteiger partial charge >= 0.3 is 5.97 Å². The lowest BCUT2D eigenvalue weighted by molar-refractivity contribution is -0.152. The van der Waals surface area contributed by atoms with Crippen molar-refractivity contribution in [2.75, 3.05) is 13.7 Å². The summed E-state index contributed by atoms with van der Waals surface area (Å²) in [5.74, 6) is 0.0276. The molecular formula is C16H20N2O4. The molecule has 1 amide bonds. The minimum absolute atomic E-state index is 0.298. The summed E-state index contributed by atoms with van der Waals surface area (Å²) in [5, 5.41) is 3.83. The zero-order valence-corrected chi connectivity index (χ0v) is 12.9. The molecule has 0 aliphatic carbocycles. The van der Waals surface area contributed by atoms with Gasteiger partial charge in [0.15, 0.2) is 6.10 Å². The van der Waals surface area contributed by atoms with E-state index in [9.17, 15) is 9.59 Å². The number of amides is 1. The number of H-pyrrole nitrogens is 1. The zero-order valence-electron chi connectivity index (χ0n) is 12.9. The number of methoxy groups -OCH3 is 1. The number of hydrogen-bond acceptors (Lipinski definition) is 4. The molecule has 0 aliphatic heterocycles. The van der Waals surface area contributed by atoms with Gasteiger partial charge in [-0.3, -0.25) is 9.59 Å². The monoisotopic (exact) mass is 304 g/mol. The summed E-state index contributed by atoms with van der Waals surface area (Å²) in [6, 6.07) is 5.81. The van der Waals surface area contributed by atoms with E-state index >= 15 is 0 Å². The molecule has 2 aromatic rings. The molecule has 1 aromatic heterocycles. The molecule has 1 atom stereocenters. The van der Waals surface area contributed by atoms with Crippen LogP contribution < -0.4 is 10.1 Å². The molecular weight excluding hydrogens is 284 g/mol. The Morgan fingerprint density at radius 3 is 2.82 bits per heavy atom. The molecule has 6 nitrogen and oxygen atoms in total. The minimum Gasteiger partial charge on any atom is -0.497 e. The van der Waals surface area contributed by atoms with Crippen LogP contribution in [-0.2, 0) is 20.7 Å². The topological polar surface area (TPSA) is 80.4 Å². The maximum Gasteiger partial charge on any atom is 0.303 e. The van der Waals surface area contributed by atoms with E-state index in [1.54, 1.807) is 14.0 Å². The molecule has 2 rings (SSSR count). The van der Waals surface area contributed by atoms with E-state index in [1.165, 1.54) is 6.92 Å². The van der Waals surface area contributed by atoms with Gasteiger partial charge in [0.05, 0.1) is 7.11 Å². The summed E-state index contributed by atoms with van der Waals surface area (Å²) in [7, 11) is 1.63. The molecule has 118 valence electrons. The molecule has 0 saturated heterocycles. The van der Waals surface area contributed by atoms with Crippen LogP contribution in [0.5, 0.6) is 5.75 Å². The summed E-state index contributed by atoms with van der Waals surface area (Å²) in [6.45, 7) is 3.30. The third kappa shape index (κ3) is 3.78. The SMILES string of the molecule is COc1ccc2[nH]cc(CCNC(=O)[C@@H](C)OC(C)=O)c2c1. The first-order chi connectivity index (χ1) is 10.5. The van der Waals surface area contributed by atoms with Gasteiger partial charge in [-0.25, -0.2) is 0 Å². The number of hydrogen-bond donors (Lipinski definition) is 2. The first-order valence-electron chi connectivity index (χ1n) is 7.10. The van der Waals surface area contributed by atoms with Crippen molar-refractivity contribution in [2.24, 2.45) is 0 Å². The summed E-state index contributed by atoms with van der Waals surface area (Å²) in [4.78, 5) is 25.8.